The normalized spacial score (nSPS) is 22.7. The zero-order valence-electron chi connectivity index (χ0n) is 23.8. The van der Waals surface area contributed by atoms with Crippen molar-refractivity contribution in [3.63, 3.8) is 0 Å². The van der Waals surface area contributed by atoms with Crippen LogP contribution < -0.4 is 0 Å². The summed E-state index contributed by atoms with van der Waals surface area (Å²) < 4.78 is -1.12. The molecule has 203 valence electrons. The Morgan fingerprint density at radius 1 is 0.550 bits per heavy atom. The summed E-state index contributed by atoms with van der Waals surface area (Å²) in [7, 11) is 18.2. The maximum absolute atomic E-state index is 9.09. The van der Waals surface area contributed by atoms with Gasteiger partial charge in [0, 0.05) is 0 Å². The van der Waals surface area contributed by atoms with Gasteiger partial charge in [-0.25, -0.2) is 0 Å². The van der Waals surface area contributed by atoms with E-state index in [2.05, 4.69) is 148 Å². The molecule has 0 N–H and O–H groups in total. The molecule has 0 fully saturated rings. The van der Waals surface area contributed by atoms with Crippen molar-refractivity contribution < 1.29 is 15.3 Å². The summed E-state index contributed by atoms with van der Waals surface area (Å²) in [5.41, 5.74) is 10.4. The van der Waals surface area contributed by atoms with Crippen LogP contribution in [-0.4, -0.2) is 5.98 Å². The first-order valence-corrected chi connectivity index (χ1v) is 36.2. The Morgan fingerprint density at radius 2 is 0.900 bits per heavy atom. The number of benzene rings is 4. The van der Waals surface area contributed by atoms with Gasteiger partial charge in [-0.1, -0.05) is 0 Å². The Labute approximate surface area is 248 Å². The molecule has 0 bridgehead atoms. The second-order valence-corrected chi connectivity index (χ2v) is 69.5. The van der Waals surface area contributed by atoms with E-state index in [1.807, 2.05) is 0 Å². The van der Waals surface area contributed by atoms with Gasteiger partial charge in [0.25, 0.3) is 0 Å². The van der Waals surface area contributed by atoms with Gasteiger partial charge in [-0.2, -0.15) is 0 Å². The summed E-state index contributed by atoms with van der Waals surface area (Å²) in [6, 6.07) is 40.0. The summed E-state index contributed by atoms with van der Waals surface area (Å²) >= 11 is -5.58. The summed E-state index contributed by atoms with van der Waals surface area (Å²) in [5.74, 6) is -1.85. The molecule has 0 aromatic heterocycles. The van der Waals surface area contributed by atoms with Crippen molar-refractivity contribution in [2.24, 2.45) is 0 Å². The molecule has 4 aromatic rings. The van der Waals surface area contributed by atoms with E-state index in [0.717, 1.165) is 12.8 Å². The zero-order chi connectivity index (χ0) is 28.2. The minimum absolute atomic E-state index is 0.561. The Morgan fingerprint density at radius 3 is 1.25 bits per heavy atom. The fraction of sp³-hybridized carbons (Fsp3) is 0.222. The fourth-order valence-electron chi connectivity index (χ4n) is 8.42. The quantitative estimate of drug-likeness (QED) is 0.165. The molecule has 40 heavy (non-hydrogen) atoms. The monoisotopic (exact) mass is 747 g/mol. The molecule has 0 nitrogen and oxygen atoms in total. The first kappa shape index (κ1) is 28.2. The molecule has 6 rings (SSSR count). The predicted octanol–water partition coefficient (Wildman–Crippen LogP) is 10.5. The van der Waals surface area contributed by atoms with Gasteiger partial charge in [0.1, 0.15) is 0 Å². The van der Waals surface area contributed by atoms with Gasteiger partial charge in [0.05, 0.1) is 0 Å². The average Bonchev–Trinajstić information content (AvgIpc) is 3.53. The number of halogens is 2. The molecular formula is C36H37Cl2HfSi. The fourth-order valence-corrected chi connectivity index (χ4v) is 66.2. The Kier molecular flexibility index (Phi) is 7.10. The van der Waals surface area contributed by atoms with Gasteiger partial charge >= 0.3 is 250 Å². The molecule has 2 unspecified atom stereocenters. The van der Waals surface area contributed by atoms with Crippen molar-refractivity contribution in [3.05, 3.63) is 154 Å². The third-order valence-electron chi connectivity index (χ3n) is 9.92. The van der Waals surface area contributed by atoms with E-state index in [1.165, 1.54) is 44.5 Å². The number of allylic oxidation sites excluding steroid dienone is 2. The van der Waals surface area contributed by atoms with Crippen molar-refractivity contribution in [2.45, 2.75) is 46.1 Å². The van der Waals surface area contributed by atoms with Gasteiger partial charge in [0.2, 0.25) is 0 Å². The van der Waals surface area contributed by atoms with Crippen LogP contribution in [0.25, 0.3) is 12.2 Å². The van der Waals surface area contributed by atoms with Crippen molar-refractivity contribution in [2.75, 3.05) is 0 Å². The van der Waals surface area contributed by atoms with Gasteiger partial charge in [-0.15, -0.1) is 0 Å². The van der Waals surface area contributed by atoms with E-state index >= 15 is 0 Å². The molecule has 0 saturated heterocycles. The van der Waals surface area contributed by atoms with Crippen LogP contribution in [0.2, 0.25) is 13.1 Å². The molecule has 0 aliphatic heterocycles. The van der Waals surface area contributed by atoms with Crippen LogP contribution in [0.15, 0.2) is 120 Å². The van der Waals surface area contributed by atoms with Crippen LogP contribution in [0.5, 0.6) is 0 Å². The molecule has 0 amide bonds. The summed E-state index contributed by atoms with van der Waals surface area (Å²) in [5, 5.41) is 0. The van der Waals surface area contributed by atoms with Crippen LogP contribution in [0.4, 0.5) is 0 Å². The number of rotatable bonds is 7. The van der Waals surface area contributed by atoms with Crippen LogP contribution in [0.1, 0.15) is 60.1 Å². The summed E-state index contributed by atoms with van der Waals surface area (Å²) in [4.78, 5) is 0. The average molecular weight is 747 g/mol. The molecule has 2 aliphatic carbocycles. The molecule has 2 atom stereocenters. The van der Waals surface area contributed by atoms with Crippen molar-refractivity contribution in [1.82, 2.24) is 0 Å². The van der Waals surface area contributed by atoms with E-state index in [-0.39, 0.29) is 0 Å². The Hall–Kier alpha value is -1.97. The van der Waals surface area contributed by atoms with Crippen molar-refractivity contribution in [3.8, 4) is 0 Å². The van der Waals surface area contributed by atoms with Gasteiger partial charge in [0.15, 0.2) is 0 Å². The van der Waals surface area contributed by atoms with E-state index in [4.69, 9.17) is 17.2 Å². The molecule has 4 heteroatoms. The third kappa shape index (κ3) is 3.28. The Bertz CT molecular complexity index is 1520. The Balaban J connectivity index is 1.92. The first-order chi connectivity index (χ1) is 19.3. The van der Waals surface area contributed by atoms with Crippen LogP contribution in [-0.2, 0) is 21.6 Å². The van der Waals surface area contributed by atoms with Crippen LogP contribution in [0, 0.1) is 0 Å². The minimum atomic E-state index is -5.58. The number of hydrogen-bond acceptors (Lipinski definition) is 0. The van der Waals surface area contributed by atoms with Crippen molar-refractivity contribution in [1.29, 1.82) is 0 Å². The second-order valence-electron chi connectivity index (χ2n) is 11.7. The van der Waals surface area contributed by atoms with Crippen LogP contribution in [0.3, 0.4) is 0 Å². The first-order valence-electron chi connectivity index (χ1n) is 14.6. The van der Waals surface area contributed by atoms with Gasteiger partial charge < -0.3 is 0 Å². The molecule has 0 heterocycles. The van der Waals surface area contributed by atoms with E-state index in [9.17, 15) is 0 Å². The van der Waals surface area contributed by atoms with Gasteiger partial charge in [-0.05, 0) is 0 Å². The van der Waals surface area contributed by atoms with Gasteiger partial charge in [-0.3, -0.25) is 0 Å². The molecule has 2 aliphatic rings. The van der Waals surface area contributed by atoms with E-state index < -0.39 is 27.6 Å². The molecule has 0 radical (unpaired) electrons. The number of hydrogen-bond donors (Lipinski definition) is 0. The maximum atomic E-state index is 9.09. The molecule has 4 aromatic carbocycles. The van der Waals surface area contributed by atoms with E-state index in [0.29, 0.717) is 0 Å². The second kappa shape index (κ2) is 10.1. The third-order valence-corrected chi connectivity index (χ3v) is 87.8. The SMILES string of the molecule is CCC1=Cc2ccccc2[C]1(c1ccccc1)[Hf]([Cl])([Cl])([SiH](C)C)[C]1(c2ccccc2)C(CC)=Cc2ccccc21. The molecular weight excluding hydrogens is 710 g/mol. The summed E-state index contributed by atoms with van der Waals surface area (Å²) in [6.07, 6.45) is 6.64. The van der Waals surface area contributed by atoms with E-state index in [1.54, 1.807) is 0 Å². The molecule has 0 saturated carbocycles. The predicted molar refractivity (Wildman–Crippen MR) is 174 cm³/mol. The number of fused-ring (bicyclic) bond motifs is 2. The van der Waals surface area contributed by atoms with Crippen molar-refractivity contribution >= 4 is 35.3 Å². The topological polar surface area (TPSA) is 0 Å². The van der Waals surface area contributed by atoms with Crippen LogP contribution >= 0.6 is 17.2 Å². The summed E-state index contributed by atoms with van der Waals surface area (Å²) in [6.45, 7) is 9.48. The zero-order valence-corrected chi connectivity index (χ0v) is 30.1. The standard InChI is InChI=1S/2C17H15.C2H7Si.2ClH.Hf/c2*1-2-13-12-15-10-6-7-11-16(15)17(13)14-8-4-3-5-9-14;1-3-2;;;/h2*3-12H,2H2,1H3;3H,1-2H3;2*1H;/q;;;;;+2/p-2. The molecule has 0 spiro atoms.